The van der Waals surface area contributed by atoms with Gasteiger partial charge in [0, 0.05) is 12.6 Å². The van der Waals surface area contributed by atoms with E-state index in [0.717, 1.165) is 23.7 Å². The lowest BCUT2D eigenvalue weighted by Gasteiger charge is -2.20. The first-order valence-electron chi connectivity index (χ1n) is 7.40. The molecular weight excluding hydrogens is 260 g/mol. The molecule has 0 aliphatic rings. The van der Waals surface area contributed by atoms with Crippen LogP contribution in [-0.2, 0) is 5.41 Å². The summed E-state index contributed by atoms with van der Waals surface area (Å²) in [5.74, 6) is 2.29. The van der Waals surface area contributed by atoms with Crippen LogP contribution in [0.5, 0.6) is 11.6 Å². The Balaban J connectivity index is 2.22. The van der Waals surface area contributed by atoms with Crippen LogP contribution in [0.25, 0.3) is 0 Å². The number of nitrogens with one attached hydrogen (secondary N) is 1. The van der Waals surface area contributed by atoms with Crippen LogP contribution in [0.3, 0.4) is 0 Å². The molecule has 0 amide bonds. The van der Waals surface area contributed by atoms with E-state index in [0.29, 0.717) is 5.88 Å². The summed E-state index contributed by atoms with van der Waals surface area (Å²) in [5.41, 5.74) is 2.58. The number of nitrogens with zero attached hydrogens (tertiary/aromatic N) is 1. The fourth-order valence-electron chi connectivity index (χ4n) is 2.09. The average molecular weight is 284 g/mol. The fourth-order valence-corrected chi connectivity index (χ4v) is 2.09. The van der Waals surface area contributed by atoms with Crippen molar-refractivity contribution in [1.29, 1.82) is 0 Å². The van der Waals surface area contributed by atoms with Crippen molar-refractivity contribution in [1.82, 2.24) is 4.98 Å². The van der Waals surface area contributed by atoms with Gasteiger partial charge in [-0.25, -0.2) is 0 Å². The van der Waals surface area contributed by atoms with Crippen LogP contribution >= 0.6 is 0 Å². The number of hydrogen-bond donors (Lipinski definition) is 1. The van der Waals surface area contributed by atoms with E-state index in [-0.39, 0.29) is 5.41 Å². The highest BCUT2D eigenvalue weighted by molar-refractivity contribution is 5.42. The van der Waals surface area contributed by atoms with Gasteiger partial charge in [0.15, 0.2) is 0 Å². The maximum Gasteiger partial charge on any atom is 0.221 e. The summed E-state index contributed by atoms with van der Waals surface area (Å²) in [6, 6.07) is 12.1. The lowest BCUT2D eigenvalue weighted by molar-refractivity contribution is 0.459. The highest BCUT2D eigenvalue weighted by Crippen LogP contribution is 2.30. The SMILES string of the molecule is CCNc1cccc(Oc2ccc(C(C)(C)C)cc2C)n1. The normalized spacial score (nSPS) is 11.3. The van der Waals surface area contributed by atoms with Crippen molar-refractivity contribution in [2.45, 2.75) is 40.0 Å². The second kappa shape index (κ2) is 6.17. The molecule has 3 heteroatoms. The zero-order valence-electron chi connectivity index (χ0n) is 13.5. The van der Waals surface area contributed by atoms with E-state index >= 15 is 0 Å². The first-order valence-corrected chi connectivity index (χ1v) is 7.40. The Morgan fingerprint density at radius 1 is 1.14 bits per heavy atom. The van der Waals surface area contributed by atoms with Gasteiger partial charge < -0.3 is 10.1 Å². The number of ether oxygens (including phenoxy) is 1. The van der Waals surface area contributed by atoms with Crippen molar-refractivity contribution >= 4 is 5.82 Å². The topological polar surface area (TPSA) is 34.1 Å². The van der Waals surface area contributed by atoms with Crippen LogP contribution < -0.4 is 10.1 Å². The molecular formula is C18H24N2O. The fraction of sp³-hybridized carbons (Fsp3) is 0.389. The van der Waals surface area contributed by atoms with Gasteiger partial charge >= 0.3 is 0 Å². The summed E-state index contributed by atoms with van der Waals surface area (Å²) in [5, 5.41) is 3.19. The van der Waals surface area contributed by atoms with Gasteiger partial charge in [0.1, 0.15) is 11.6 Å². The van der Waals surface area contributed by atoms with Crippen molar-refractivity contribution in [3.8, 4) is 11.6 Å². The van der Waals surface area contributed by atoms with E-state index in [1.165, 1.54) is 5.56 Å². The molecule has 1 aromatic heterocycles. The van der Waals surface area contributed by atoms with Crippen LogP contribution in [0.2, 0.25) is 0 Å². The molecule has 0 saturated carbocycles. The van der Waals surface area contributed by atoms with Crippen molar-refractivity contribution in [2.75, 3.05) is 11.9 Å². The van der Waals surface area contributed by atoms with Gasteiger partial charge in [0.2, 0.25) is 5.88 Å². The molecule has 1 N–H and O–H groups in total. The molecule has 1 aromatic carbocycles. The molecule has 2 rings (SSSR count). The molecule has 21 heavy (non-hydrogen) atoms. The predicted octanol–water partition coefficient (Wildman–Crippen LogP) is 4.91. The van der Waals surface area contributed by atoms with Crippen LogP contribution in [-0.4, -0.2) is 11.5 Å². The zero-order valence-corrected chi connectivity index (χ0v) is 13.5. The molecule has 0 fully saturated rings. The molecule has 0 bridgehead atoms. The quantitative estimate of drug-likeness (QED) is 0.866. The summed E-state index contributed by atoms with van der Waals surface area (Å²) in [6.45, 7) is 11.6. The van der Waals surface area contributed by atoms with Crippen molar-refractivity contribution < 1.29 is 4.74 Å². The van der Waals surface area contributed by atoms with Gasteiger partial charge in [-0.3, -0.25) is 0 Å². The van der Waals surface area contributed by atoms with Crippen LogP contribution in [0.4, 0.5) is 5.82 Å². The molecule has 0 aliphatic heterocycles. The number of aryl methyl sites for hydroxylation is 1. The first kappa shape index (κ1) is 15.4. The molecule has 0 spiro atoms. The van der Waals surface area contributed by atoms with Crippen LogP contribution in [0, 0.1) is 6.92 Å². The Labute approximate surface area is 127 Å². The molecule has 0 aliphatic carbocycles. The Hall–Kier alpha value is -2.03. The third-order valence-electron chi connectivity index (χ3n) is 3.34. The largest absolute Gasteiger partial charge is 0.439 e. The summed E-state index contributed by atoms with van der Waals surface area (Å²) < 4.78 is 5.91. The van der Waals surface area contributed by atoms with E-state index in [4.69, 9.17) is 4.74 Å². The summed E-state index contributed by atoms with van der Waals surface area (Å²) in [7, 11) is 0. The van der Waals surface area contributed by atoms with Crippen molar-refractivity contribution in [2.24, 2.45) is 0 Å². The number of aromatic nitrogens is 1. The summed E-state index contributed by atoms with van der Waals surface area (Å²) >= 11 is 0. The van der Waals surface area contributed by atoms with Gasteiger partial charge in [0.25, 0.3) is 0 Å². The second-order valence-electron chi connectivity index (χ2n) is 6.22. The molecule has 0 unspecified atom stereocenters. The minimum Gasteiger partial charge on any atom is -0.439 e. The van der Waals surface area contributed by atoms with Crippen LogP contribution in [0.1, 0.15) is 38.8 Å². The Kier molecular flexibility index (Phi) is 4.51. The van der Waals surface area contributed by atoms with Crippen molar-refractivity contribution in [3.05, 3.63) is 47.5 Å². The van der Waals surface area contributed by atoms with Gasteiger partial charge in [-0.2, -0.15) is 4.98 Å². The van der Waals surface area contributed by atoms with E-state index in [9.17, 15) is 0 Å². The minimum absolute atomic E-state index is 0.145. The molecule has 3 nitrogen and oxygen atoms in total. The number of benzene rings is 1. The smallest absolute Gasteiger partial charge is 0.221 e. The molecule has 0 saturated heterocycles. The zero-order chi connectivity index (χ0) is 15.5. The number of rotatable bonds is 4. The molecule has 1 heterocycles. The summed E-state index contributed by atoms with van der Waals surface area (Å²) in [4.78, 5) is 4.44. The van der Waals surface area contributed by atoms with Crippen LogP contribution in [0.15, 0.2) is 36.4 Å². The lowest BCUT2D eigenvalue weighted by Crippen LogP contribution is -2.11. The van der Waals surface area contributed by atoms with Crippen molar-refractivity contribution in [3.63, 3.8) is 0 Å². The van der Waals surface area contributed by atoms with E-state index in [1.807, 2.05) is 31.2 Å². The predicted molar refractivity (Wildman–Crippen MR) is 88.4 cm³/mol. The number of hydrogen-bond acceptors (Lipinski definition) is 3. The molecule has 112 valence electrons. The molecule has 0 atom stereocenters. The van der Waals surface area contributed by atoms with Gasteiger partial charge in [-0.1, -0.05) is 39.0 Å². The van der Waals surface area contributed by atoms with Gasteiger partial charge in [-0.05, 0) is 42.5 Å². The molecule has 0 radical (unpaired) electrons. The number of anilines is 1. The first-order chi connectivity index (χ1) is 9.90. The lowest BCUT2D eigenvalue weighted by atomic mass is 9.86. The molecule has 2 aromatic rings. The Bertz CT molecular complexity index is 615. The standard InChI is InChI=1S/C18H24N2O/c1-6-19-16-8-7-9-17(20-16)21-15-11-10-14(12-13(15)2)18(3,4)5/h7-12H,6H2,1-5H3,(H,19,20). The van der Waals surface area contributed by atoms with E-state index in [1.54, 1.807) is 0 Å². The monoisotopic (exact) mass is 284 g/mol. The van der Waals surface area contributed by atoms with E-state index in [2.05, 4.69) is 50.1 Å². The number of pyridine rings is 1. The van der Waals surface area contributed by atoms with Gasteiger partial charge in [0.05, 0.1) is 0 Å². The third kappa shape index (κ3) is 3.97. The van der Waals surface area contributed by atoms with Gasteiger partial charge in [-0.15, -0.1) is 0 Å². The highest BCUT2D eigenvalue weighted by Gasteiger charge is 2.15. The third-order valence-corrected chi connectivity index (χ3v) is 3.34. The maximum absolute atomic E-state index is 5.91. The minimum atomic E-state index is 0.145. The summed E-state index contributed by atoms with van der Waals surface area (Å²) in [6.07, 6.45) is 0. The maximum atomic E-state index is 5.91. The average Bonchev–Trinajstić information content (AvgIpc) is 2.41. The van der Waals surface area contributed by atoms with E-state index < -0.39 is 0 Å². The highest BCUT2D eigenvalue weighted by atomic mass is 16.5. The Morgan fingerprint density at radius 3 is 2.52 bits per heavy atom. The Morgan fingerprint density at radius 2 is 1.90 bits per heavy atom. The second-order valence-corrected chi connectivity index (χ2v) is 6.22.